The summed E-state index contributed by atoms with van der Waals surface area (Å²) in [6.07, 6.45) is 5.30. The molecular formula is C26H32BrN3O2. The molecule has 1 fully saturated rings. The minimum atomic E-state index is 0.162. The first-order chi connectivity index (χ1) is 15.6. The van der Waals surface area contributed by atoms with Crippen LogP contribution in [0.4, 0.5) is 11.4 Å². The second-order valence-corrected chi connectivity index (χ2v) is 9.36. The van der Waals surface area contributed by atoms with E-state index in [9.17, 15) is 4.79 Å². The molecule has 4 rings (SSSR count). The molecule has 2 aromatic rings. The van der Waals surface area contributed by atoms with Crippen molar-refractivity contribution in [3.05, 3.63) is 65.2 Å². The van der Waals surface area contributed by atoms with Crippen LogP contribution in [0.15, 0.2) is 59.6 Å². The summed E-state index contributed by atoms with van der Waals surface area (Å²) in [6.45, 7) is 10.5. The number of amides is 1. The van der Waals surface area contributed by atoms with E-state index in [1.807, 2.05) is 17.0 Å². The number of anilines is 2. The number of benzene rings is 2. The highest BCUT2D eigenvalue weighted by Gasteiger charge is 2.23. The Balaban J connectivity index is 1.18. The third-order valence-corrected chi connectivity index (χ3v) is 6.80. The van der Waals surface area contributed by atoms with Gasteiger partial charge in [0.25, 0.3) is 0 Å². The van der Waals surface area contributed by atoms with Gasteiger partial charge in [0, 0.05) is 55.4 Å². The van der Waals surface area contributed by atoms with Crippen molar-refractivity contribution >= 4 is 33.2 Å². The van der Waals surface area contributed by atoms with Gasteiger partial charge in [0.05, 0.1) is 12.3 Å². The number of rotatable bonds is 9. The lowest BCUT2D eigenvalue weighted by Gasteiger charge is -2.36. The SMILES string of the molecule is C=CCN1C(=O)CCc2ccc(OCCCCN3CCN(c4ccc(Br)cc4)CC3)cc21. The highest BCUT2D eigenvalue weighted by Crippen LogP contribution is 2.31. The molecule has 170 valence electrons. The Morgan fingerprint density at radius 3 is 2.53 bits per heavy atom. The molecule has 0 saturated carbocycles. The zero-order valence-electron chi connectivity index (χ0n) is 18.6. The smallest absolute Gasteiger partial charge is 0.227 e. The minimum Gasteiger partial charge on any atom is -0.494 e. The van der Waals surface area contributed by atoms with E-state index >= 15 is 0 Å². The fourth-order valence-corrected chi connectivity index (χ4v) is 4.71. The summed E-state index contributed by atoms with van der Waals surface area (Å²) in [7, 11) is 0. The minimum absolute atomic E-state index is 0.162. The van der Waals surface area contributed by atoms with E-state index in [1.165, 1.54) is 11.3 Å². The number of aryl methyl sites for hydroxylation is 1. The molecule has 2 aliphatic heterocycles. The number of nitrogens with zero attached hydrogens (tertiary/aromatic N) is 3. The Kier molecular flexibility index (Phi) is 7.87. The Morgan fingerprint density at radius 2 is 1.78 bits per heavy atom. The lowest BCUT2D eigenvalue weighted by Crippen LogP contribution is -2.46. The van der Waals surface area contributed by atoms with Gasteiger partial charge in [-0.3, -0.25) is 9.69 Å². The monoisotopic (exact) mass is 497 g/mol. The highest BCUT2D eigenvalue weighted by atomic mass is 79.9. The first-order valence-corrected chi connectivity index (χ1v) is 12.3. The Hall–Kier alpha value is -2.31. The topological polar surface area (TPSA) is 36.0 Å². The summed E-state index contributed by atoms with van der Waals surface area (Å²) in [5, 5.41) is 0. The summed E-state index contributed by atoms with van der Waals surface area (Å²) >= 11 is 3.51. The van der Waals surface area contributed by atoms with E-state index in [1.54, 1.807) is 6.08 Å². The van der Waals surface area contributed by atoms with Gasteiger partial charge in [-0.15, -0.1) is 6.58 Å². The zero-order valence-corrected chi connectivity index (χ0v) is 20.2. The summed E-state index contributed by atoms with van der Waals surface area (Å²) < 4.78 is 7.14. The molecule has 2 aliphatic rings. The predicted molar refractivity (Wildman–Crippen MR) is 135 cm³/mol. The second-order valence-electron chi connectivity index (χ2n) is 8.44. The maximum absolute atomic E-state index is 12.2. The molecule has 0 radical (unpaired) electrons. The summed E-state index contributed by atoms with van der Waals surface area (Å²) in [4.78, 5) is 19.1. The Bertz CT molecular complexity index is 923. The van der Waals surface area contributed by atoms with E-state index in [4.69, 9.17) is 4.74 Å². The molecular weight excluding hydrogens is 466 g/mol. The van der Waals surface area contributed by atoms with E-state index in [0.29, 0.717) is 19.6 Å². The quantitative estimate of drug-likeness (QED) is 0.364. The molecule has 2 aromatic carbocycles. The van der Waals surface area contributed by atoms with E-state index in [2.05, 4.69) is 62.6 Å². The van der Waals surface area contributed by atoms with Crippen LogP contribution in [0.1, 0.15) is 24.8 Å². The van der Waals surface area contributed by atoms with Gasteiger partial charge >= 0.3 is 0 Å². The summed E-state index contributed by atoms with van der Waals surface area (Å²) in [5.74, 6) is 1.01. The molecule has 0 aliphatic carbocycles. The third kappa shape index (κ3) is 5.73. The molecule has 32 heavy (non-hydrogen) atoms. The largest absolute Gasteiger partial charge is 0.494 e. The molecule has 2 heterocycles. The van der Waals surface area contributed by atoms with Crippen molar-refractivity contribution < 1.29 is 9.53 Å². The van der Waals surface area contributed by atoms with Crippen LogP contribution < -0.4 is 14.5 Å². The van der Waals surface area contributed by atoms with Crippen LogP contribution in [0.25, 0.3) is 0 Å². The van der Waals surface area contributed by atoms with Crippen molar-refractivity contribution in [3.8, 4) is 5.75 Å². The average molecular weight is 498 g/mol. The van der Waals surface area contributed by atoms with Gasteiger partial charge in [-0.1, -0.05) is 28.1 Å². The molecule has 0 spiro atoms. The molecule has 0 atom stereocenters. The van der Waals surface area contributed by atoms with Gasteiger partial charge in [-0.2, -0.15) is 0 Å². The number of hydrogen-bond acceptors (Lipinski definition) is 4. The van der Waals surface area contributed by atoms with Crippen LogP contribution >= 0.6 is 15.9 Å². The van der Waals surface area contributed by atoms with Crippen LogP contribution in [-0.4, -0.2) is 56.7 Å². The van der Waals surface area contributed by atoms with Gasteiger partial charge in [0.1, 0.15) is 5.75 Å². The van der Waals surface area contributed by atoms with Crippen molar-refractivity contribution in [3.63, 3.8) is 0 Å². The van der Waals surface area contributed by atoms with Crippen molar-refractivity contribution in [2.75, 3.05) is 55.7 Å². The van der Waals surface area contributed by atoms with Gasteiger partial charge in [-0.05, 0) is 61.7 Å². The fourth-order valence-electron chi connectivity index (χ4n) is 4.45. The van der Waals surface area contributed by atoms with Gasteiger partial charge < -0.3 is 14.5 Å². The van der Waals surface area contributed by atoms with Crippen molar-refractivity contribution in [2.24, 2.45) is 0 Å². The zero-order chi connectivity index (χ0) is 22.3. The Morgan fingerprint density at radius 1 is 1.00 bits per heavy atom. The molecule has 0 N–H and O–H groups in total. The van der Waals surface area contributed by atoms with Gasteiger partial charge in [0.15, 0.2) is 0 Å². The maximum Gasteiger partial charge on any atom is 0.227 e. The number of fused-ring (bicyclic) bond motifs is 1. The molecule has 1 saturated heterocycles. The maximum atomic E-state index is 12.2. The van der Waals surface area contributed by atoms with E-state index in [0.717, 1.165) is 67.9 Å². The first kappa shape index (κ1) is 22.9. The molecule has 5 nitrogen and oxygen atoms in total. The average Bonchev–Trinajstić information content (AvgIpc) is 2.82. The molecule has 1 amide bonds. The Labute approximate surface area is 199 Å². The third-order valence-electron chi connectivity index (χ3n) is 6.27. The normalized spacial score (nSPS) is 16.7. The van der Waals surface area contributed by atoms with Crippen LogP contribution in [0.5, 0.6) is 5.75 Å². The lowest BCUT2D eigenvalue weighted by atomic mass is 10.0. The van der Waals surface area contributed by atoms with E-state index in [-0.39, 0.29) is 5.91 Å². The molecule has 0 unspecified atom stereocenters. The second kappa shape index (κ2) is 11.0. The first-order valence-electron chi connectivity index (χ1n) is 11.5. The predicted octanol–water partition coefficient (Wildman–Crippen LogP) is 4.90. The van der Waals surface area contributed by atoms with Crippen LogP contribution in [0.3, 0.4) is 0 Å². The van der Waals surface area contributed by atoms with E-state index < -0.39 is 0 Å². The number of halogens is 1. The number of hydrogen-bond donors (Lipinski definition) is 0. The number of carbonyl (C=O) groups excluding carboxylic acids is 1. The summed E-state index contributed by atoms with van der Waals surface area (Å²) in [6, 6.07) is 14.7. The molecule has 6 heteroatoms. The van der Waals surface area contributed by atoms with Crippen molar-refractivity contribution in [2.45, 2.75) is 25.7 Å². The highest BCUT2D eigenvalue weighted by molar-refractivity contribution is 9.10. The summed E-state index contributed by atoms with van der Waals surface area (Å²) in [5.41, 5.74) is 3.49. The van der Waals surface area contributed by atoms with Gasteiger partial charge in [-0.25, -0.2) is 0 Å². The number of unbranched alkanes of at least 4 members (excludes halogenated alkanes) is 1. The van der Waals surface area contributed by atoms with Crippen LogP contribution in [0, 0.1) is 0 Å². The molecule has 0 bridgehead atoms. The fraction of sp³-hybridized carbons (Fsp3) is 0.423. The van der Waals surface area contributed by atoms with Crippen LogP contribution in [-0.2, 0) is 11.2 Å². The van der Waals surface area contributed by atoms with Crippen molar-refractivity contribution in [1.82, 2.24) is 4.90 Å². The number of ether oxygens (including phenoxy) is 1. The molecule has 0 aromatic heterocycles. The lowest BCUT2D eigenvalue weighted by molar-refractivity contribution is -0.118. The van der Waals surface area contributed by atoms with Gasteiger partial charge in [0.2, 0.25) is 5.91 Å². The number of carbonyl (C=O) groups is 1. The van der Waals surface area contributed by atoms with Crippen molar-refractivity contribution in [1.29, 1.82) is 0 Å². The number of piperazine rings is 1. The van der Waals surface area contributed by atoms with Crippen LogP contribution in [0.2, 0.25) is 0 Å². The standard InChI is InChI=1S/C26H32BrN3O2/c1-2-13-30-25-20-24(11-5-21(25)6-12-26(30)31)32-19-4-3-14-28-15-17-29(18-16-28)23-9-7-22(27)8-10-23/h2,5,7-11,20H,1,3-4,6,12-19H2.